The van der Waals surface area contributed by atoms with Crippen LogP contribution in [0.1, 0.15) is 32.9 Å². The van der Waals surface area contributed by atoms with Crippen molar-refractivity contribution in [2.75, 3.05) is 10.6 Å². The van der Waals surface area contributed by atoms with E-state index in [-0.39, 0.29) is 5.91 Å². The van der Waals surface area contributed by atoms with Crippen molar-refractivity contribution in [1.82, 2.24) is 9.97 Å². The molecule has 3 aromatic rings. The van der Waals surface area contributed by atoms with Gasteiger partial charge >= 0.3 is 0 Å². The van der Waals surface area contributed by atoms with E-state index in [0.29, 0.717) is 17.2 Å². The summed E-state index contributed by atoms with van der Waals surface area (Å²) in [6.45, 7) is 7.86. The molecule has 1 aromatic heterocycles. The fourth-order valence-corrected chi connectivity index (χ4v) is 2.77. The molecule has 0 aliphatic carbocycles. The molecule has 5 heteroatoms. The Morgan fingerprint density at radius 2 is 1.50 bits per heavy atom. The van der Waals surface area contributed by atoms with E-state index in [0.717, 1.165) is 28.2 Å². The highest BCUT2D eigenvalue weighted by Gasteiger charge is 2.14. The van der Waals surface area contributed by atoms with Crippen LogP contribution in [0.4, 0.5) is 17.3 Å². The number of hydrogen-bond acceptors (Lipinski definition) is 4. The van der Waals surface area contributed by atoms with Gasteiger partial charge in [-0.1, -0.05) is 24.3 Å². The van der Waals surface area contributed by atoms with Gasteiger partial charge in [0.25, 0.3) is 5.91 Å². The van der Waals surface area contributed by atoms with Gasteiger partial charge in [0.15, 0.2) is 0 Å². The van der Waals surface area contributed by atoms with Gasteiger partial charge in [0, 0.05) is 17.1 Å². The van der Waals surface area contributed by atoms with Crippen LogP contribution in [0.3, 0.4) is 0 Å². The minimum absolute atomic E-state index is 0.175. The van der Waals surface area contributed by atoms with Crippen molar-refractivity contribution < 1.29 is 4.79 Å². The molecule has 1 amide bonds. The first-order chi connectivity index (χ1) is 12.4. The highest BCUT2D eigenvalue weighted by atomic mass is 16.1. The van der Waals surface area contributed by atoms with Gasteiger partial charge in [-0.2, -0.15) is 0 Å². The molecule has 0 aliphatic rings. The number of hydrogen-bond donors (Lipinski definition) is 2. The smallest absolute Gasteiger partial charge is 0.257 e. The summed E-state index contributed by atoms with van der Waals surface area (Å²) in [6, 6.07) is 15.1. The highest BCUT2D eigenvalue weighted by molar-refractivity contribution is 6.08. The number of aromatic nitrogens is 2. The van der Waals surface area contributed by atoms with Gasteiger partial charge in [0.1, 0.15) is 0 Å². The van der Waals surface area contributed by atoms with Crippen LogP contribution in [0.2, 0.25) is 0 Å². The molecule has 0 aliphatic heterocycles. The first kappa shape index (κ1) is 17.6. The summed E-state index contributed by atoms with van der Waals surface area (Å²) in [5, 5.41) is 6.16. The fourth-order valence-electron chi connectivity index (χ4n) is 2.77. The SMILES string of the molecule is Cc1cc(C)nc(Nc2ccccc2C(=O)Nc2cccc(C)c2C)n1. The third-order valence-corrected chi connectivity index (χ3v) is 4.25. The zero-order valence-corrected chi connectivity index (χ0v) is 15.4. The number of aryl methyl sites for hydroxylation is 3. The first-order valence-corrected chi connectivity index (χ1v) is 8.50. The third-order valence-electron chi connectivity index (χ3n) is 4.25. The maximum Gasteiger partial charge on any atom is 0.257 e. The lowest BCUT2D eigenvalue weighted by molar-refractivity contribution is 0.102. The molecule has 5 nitrogen and oxygen atoms in total. The summed E-state index contributed by atoms with van der Waals surface area (Å²) in [7, 11) is 0. The molecule has 2 aromatic carbocycles. The maximum absolute atomic E-state index is 12.8. The zero-order valence-electron chi connectivity index (χ0n) is 15.4. The van der Waals surface area contributed by atoms with Crippen LogP contribution < -0.4 is 10.6 Å². The van der Waals surface area contributed by atoms with Crippen molar-refractivity contribution in [3.8, 4) is 0 Å². The van der Waals surface area contributed by atoms with Gasteiger partial charge in [-0.3, -0.25) is 4.79 Å². The van der Waals surface area contributed by atoms with E-state index in [2.05, 4.69) is 20.6 Å². The molecule has 0 saturated heterocycles. The summed E-state index contributed by atoms with van der Waals surface area (Å²) in [6.07, 6.45) is 0. The van der Waals surface area contributed by atoms with Crippen LogP contribution in [0.15, 0.2) is 48.5 Å². The Bertz CT molecular complexity index is 946. The number of benzene rings is 2. The Kier molecular flexibility index (Phi) is 4.98. The van der Waals surface area contributed by atoms with Crippen molar-refractivity contribution in [3.63, 3.8) is 0 Å². The number of rotatable bonds is 4. The fraction of sp³-hybridized carbons (Fsp3) is 0.190. The van der Waals surface area contributed by atoms with E-state index < -0.39 is 0 Å². The molecule has 3 rings (SSSR count). The predicted molar refractivity (Wildman–Crippen MR) is 105 cm³/mol. The second-order valence-corrected chi connectivity index (χ2v) is 6.35. The summed E-state index contributed by atoms with van der Waals surface area (Å²) in [5.41, 5.74) is 5.96. The molecular weight excluding hydrogens is 324 g/mol. The van der Waals surface area contributed by atoms with E-state index in [4.69, 9.17) is 0 Å². The topological polar surface area (TPSA) is 66.9 Å². The van der Waals surface area contributed by atoms with Crippen molar-refractivity contribution in [2.45, 2.75) is 27.7 Å². The number of amides is 1. The quantitative estimate of drug-likeness (QED) is 0.718. The Hall–Kier alpha value is -3.21. The van der Waals surface area contributed by atoms with Gasteiger partial charge in [0.05, 0.1) is 11.3 Å². The molecule has 0 unspecified atom stereocenters. The van der Waals surface area contributed by atoms with E-state index in [1.165, 1.54) is 0 Å². The Labute approximate surface area is 153 Å². The molecule has 0 fully saturated rings. The van der Waals surface area contributed by atoms with Crippen molar-refractivity contribution in [3.05, 3.63) is 76.6 Å². The molecule has 0 radical (unpaired) electrons. The van der Waals surface area contributed by atoms with E-state index in [9.17, 15) is 4.79 Å². The second kappa shape index (κ2) is 7.35. The lowest BCUT2D eigenvalue weighted by atomic mass is 10.1. The molecule has 2 N–H and O–H groups in total. The van der Waals surface area contributed by atoms with Crippen LogP contribution in [0.5, 0.6) is 0 Å². The summed E-state index contributed by atoms with van der Waals surface area (Å²) >= 11 is 0. The maximum atomic E-state index is 12.8. The van der Waals surface area contributed by atoms with Gasteiger partial charge in [-0.15, -0.1) is 0 Å². The molecule has 0 atom stereocenters. The van der Waals surface area contributed by atoms with Gasteiger partial charge in [0.2, 0.25) is 5.95 Å². The molecule has 0 spiro atoms. The van der Waals surface area contributed by atoms with E-state index in [1.54, 1.807) is 6.07 Å². The van der Waals surface area contributed by atoms with E-state index in [1.807, 2.05) is 70.2 Å². The molecule has 0 saturated carbocycles. The standard InChI is InChI=1S/C21H22N4O/c1-13-8-7-11-18(16(13)4)24-20(26)17-9-5-6-10-19(17)25-21-22-14(2)12-15(3)23-21/h5-12H,1-4H3,(H,24,26)(H,22,23,25). The largest absolute Gasteiger partial charge is 0.323 e. The number of carbonyl (C=O) groups excluding carboxylic acids is 1. The highest BCUT2D eigenvalue weighted by Crippen LogP contribution is 2.23. The van der Waals surface area contributed by atoms with Crippen molar-refractivity contribution in [1.29, 1.82) is 0 Å². The number of nitrogens with zero attached hydrogens (tertiary/aromatic N) is 2. The minimum atomic E-state index is -0.175. The molecule has 132 valence electrons. The van der Waals surface area contributed by atoms with Crippen molar-refractivity contribution in [2.24, 2.45) is 0 Å². The van der Waals surface area contributed by atoms with E-state index >= 15 is 0 Å². The Morgan fingerprint density at radius 3 is 2.23 bits per heavy atom. The molecule has 1 heterocycles. The van der Waals surface area contributed by atoms with Gasteiger partial charge in [-0.05, 0) is 63.1 Å². The summed E-state index contributed by atoms with van der Waals surface area (Å²) in [4.78, 5) is 21.6. The molecular formula is C21H22N4O. The van der Waals surface area contributed by atoms with Gasteiger partial charge < -0.3 is 10.6 Å². The third kappa shape index (κ3) is 3.88. The first-order valence-electron chi connectivity index (χ1n) is 8.50. The van der Waals surface area contributed by atoms with Crippen LogP contribution in [-0.4, -0.2) is 15.9 Å². The number of anilines is 3. The zero-order chi connectivity index (χ0) is 18.7. The molecule has 0 bridgehead atoms. The van der Waals surface area contributed by atoms with Crippen molar-refractivity contribution >= 4 is 23.2 Å². The van der Waals surface area contributed by atoms with Crippen LogP contribution in [0.25, 0.3) is 0 Å². The van der Waals surface area contributed by atoms with Crippen LogP contribution in [0, 0.1) is 27.7 Å². The van der Waals surface area contributed by atoms with Gasteiger partial charge in [-0.25, -0.2) is 9.97 Å². The van der Waals surface area contributed by atoms with Crippen LogP contribution >= 0.6 is 0 Å². The predicted octanol–water partition coefficient (Wildman–Crippen LogP) is 4.71. The van der Waals surface area contributed by atoms with Crippen LogP contribution in [-0.2, 0) is 0 Å². The summed E-state index contributed by atoms with van der Waals surface area (Å²) in [5.74, 6) is 0.306. The molecule has 26 heavy (non-hydrogen) atoms. The lowest BCUT2D eigenvalue weighted by Crippen LogP contribution is -2.15. The Morgan fingerprint density at radius 1 is 0.846 bits per heavy atom. The second-order valence-electron chi connectivity index (χ2n) is 6.35. The number of carbonyl (C=O) groups is 1. The Balaban J connectivity index is 1.89. The monoisotopic (exact) mass is 346 g/mol. The summed E-state index contributed by atoms with van der Waals surface area (Å²) < 4.78 is 0. The average Bonchev–Trinajstić information content (AvgIpc) is 2.58. The number of para-hydroxylation sites is 1. The minimum Gasteiger partial charge on any atom is -0.323 e. The average molecular weight is 346 g/mol. The number of nitrogens with one attached hydrogen (secondary N) is 2. The normalized spacial score (nSPS) is 10.5. The lowest BCUT2D eigenvalue weighted by Gasteiger charge is -2.14.